The van der Waals surface area contributed by atoms with Crippen LogP contribution in [0.2, 0.25) is 0 Å². The van der Waals surface area contributed by atoms with Crippen molar-refractivity contribution in [3.63, 3.8) is 0 Å². The molecule has 0 bridgehead atoms. The van der Waals surface area contributed by atoms with E-state index in [1.165, 1.54) is 20.9 Å². The van der Waals surface area contributed by atoms with E-state index >= 15 is 0 Å². The molecule has 2 fully saturated rings. The molecule has 11 unspecified atom stereocenters. The Kier molecular flexibility index (Phi) is 23.8. The summed E-state index contributed by atoms with van der Waals surface area (Å²) in [4.78, 5) is 73.5. The van der Waals surface area contributed by atoms with E-state index in [0.717, 1.165) is 4.90 Å². The number of amides is 5. The molecular formula is C34H60N6O18. The first kappa shape index (κ1) is 50.6. The van der Waals surface area contributed by atoms with Crippen molar-refractivity contribution in [3.8, 4) is 0 Å². The van der Waals surface area contributed by atoms with E-state index in [-0.39, 0.29) is 72.1 Å². The Balaban J connectivity index is 1.66. The van der Waals surface area contributed by atoms with E-state index in [2.05, 4.69) is 26.6 Å². The lowest BCUT2D eigenvalue weighted by atomic mass is 9.97. The van der Waals surface area contributed by atoms with E-state index < -0.39 is 117 Å². The zero-order valence-corrected chi connectivity index (χ0v) is 32.9. The van der Waals surface area contributed by atoms with Crippen LogP contribution in [-0.4, -0.2) is 225 Å². The Bertz CT molecular complexity index is 1290. The number of nitrogens with one attached hydrogen (secondary N) is 5. The summed E-state index contributed by atoms with van der Waals surface area (Å²) in [5, 5.41) is 72.6. The Labute approximate surface area is 335 Å². The zero-order valence-electron chi connectivity index (χ0n) is 32.9. The zero-order chi connectivity index (χ0) is 43.2. The Morgan fingerprint density at radius 3 is 1.64 bits per heavy atom. The number of likely N-dealkylation sites (N-methyl/N-ethyl adjacent to an activating group) is 1. The first-order chi connectivity index (χ1) is 27.7. The molecule has 2 aliphatic heterocycles. The second-order valence-corrected chi connectivity index (χ2v) is 13.3. The Morgan fingerprint density at radius 2 is 1.21 bits per heavy atom. The monoisotopic (exact) mass is 840 g/mol. The number of hydrogen-bond donors (Lipinski definition) is 11. The second kappa shape index (κ2) is 27.3. The van der Waals surface area contributed by atoms with Gasteiger partial charge in [-0.1, -0.05) is 0 Å². The van der Waals surface area contributed by atoms with Crippen LogP contribution in [0.4, 0.5) is 0 Å². The second-order valence-electron chi connectivity index (χ2n) is 13.3. The van der Waals surface area contributed by atoms with Crippen molar-refractivity contribution in [2.45, 2.75) is 94.0 Å². The predicted molar refractivity (Wildman–Crippen MR) is 195 cm³/mol. The molecule has 334 valence electrons. The maximum atomic E-state index is 12.9. The fourth-order valence-electron chi connectivity index (χ4n) is 5.91. The van der Waals surface area contributed by atoms with Crippen molar-refractivity contribution in [1.82, 2.24) is 31.5 Å². The van der Waals surface area contributed by atoms with Crippen molar-refractivity contribution in [2.75, 3.05) is 86.1 Å². The summed E-state index contributed by atoms with van der Waals surface area (Å²) < 4.78 is 32.9. The molecule has 2 rings (SSSR count). The van der Waals surface area contributed by atoms with E-state index in [4.69, 9.17) is 28.4 Å². The smallest absolute Gasteiger partial charge is 0.239 e. The minimum atomic E-state index is -1.46. The van der Waals surface area contributed by atoms with Gasteiger partial charge in [0.1, 0.15) is 55.0 Å². The van der Waals surface area contributed by atoms with Crippen molar-refractivity contribution < 1.29 is 87.8 Å². The average Bonchev–Trinajstić information content (AvgIpc) is 3.18. The first-order valence-corrected chi connectivity index (χ1v) is 18.8. The summed E-state index contributed by atoms with van der Waals surface area (Å²) in [6.07, 6.45) is -10.1. The lowest BCUT2D eigenvalue weighted by Gasteiger charge is -2.42. The van der Waals surface area contributed by atoms with Crippen molar-refractivity contribution in [3.05, 3.63) is 0 Å². The third-order valence-electron chi connectivity index (χ3n) is 8.93. The van der Waals surface area contributed by atoms with Gasteiger partial charge in [-0.15, -0.1) is 0 Å². The van der Waals surface area contributed by atoms with Crippen molar-refractivity contribution in [1.29, 1.82) is 0 Å². The number of rotatable bonds is 27. The number of carbonyl (C=O) groups excluding carboxylic acids is 6. The summed E-state index contributed by atoms with van der Waals surface area (Å²) in [5.74, 6) is -2.52. The number of aliphatic hydroxyl groups is 6. The highest BCUT2D eigenvalue weighted by Crippen LogP contribution is 2.23. The van der Waals surface area contributed by atoms with Crippen molar-refractivity contribution in [2.24, 2.45) is 0 Å². The first-order valence-electron chi connectivity index (χ1n) is 18.8. The number of hydrogen-bond acceptors (Lipinski definition) is 19. The Morgan fingerprint density at radius 1 is 0.724 bits per heavy atom. The van der Waals surface area contributed by atoms with Gasteiger partial charge in [-0.25, -0.2) is 0 Å². The molecule has 11 N–H and O–H groups in total. The quantitative estimate of drug-likeness (QED) is 0.0270. The molecule has 2 saturated heterocycles. The number of carbonyl (C=O) groups is 6. The minimum Gasteiger partial charge on any atom is -0.394 e. The van der Waals surface area contributed by atoms with Crippen LogP contribution < -0.4 is 26.6 Å². The molecule has 0 aliphatic carbocycles. The molecule has 2 heterocycles. The molecule has 2 aliphatic rings. The average molecular weight is 841 g/mol. The largest absolute Gasteiger partial charge is 0.394 e. The standard InChI is InChI=1S/C34H60N6O18/c1-19(44)38-26-30(50)28(48)22(17-42)57-33(26)55-14-12-53-10-6-36-24(46)16-40(8-9-41)25(47)5-4-21(35-3)32(52)37-7-11-54-13-15-56-34-27(39-20(2)45)31(51)29(49)23(18-43)58-34/h9,21-23,26-31,33-35,42-43,48-51H,4-8,10-18H2,1-3H3,(H,36,46)(H,37,52)(H,38,44)(H,39,45). The summed E-state index contributed by atoms with van der Waals surface area (Å²) in [7, 11) is 1.53. The van der Waals surface area contributed by atoms with Gasteiger partial charge in [-0.05, 0) is 13.5 Å². The van der Waals surface area contributed by atoms with Crippen LogP contribution in [0.1, 0.15) is 26.7 Å². The van der Waals surface area contributed by atoms with Crippen LogP contribution in [0.15, 0.2) is 0 Å². The van der Waals surface area contributed by atoms with Crippen molar-refractivity contribution >= 4 is 35.8 Å². The fourth-order valence-corrected chi connectivity index (χ4v) is 5.91. The van der Waals surface area contributed by atoms with E-state index in [1.54, 1.807) is 0 Å². The molecule has 5 amide bonds. The summed E-state index contributed by atoms with van der Waals surface area (Å²) in [5.41, 5.74) is 0. The highest BCUT2D eigenvalue weighted by atomic mass is 16.7. The molecule has 0 saturated carbocycles. The van der Waals surface area contributed by atoms with Gasteiger partial charge in [0.05, 0.1) is 72.0 Å². The lowest BCUT2D eigenvalue weighted by molar-refractivity contribution is -0.272. The van der Waals surface area contributed by atoms with Crippen LogP contribution in [0.3, 0.4) is 0 Å². The maximum absolute atomic E-state index is 12.9. The molecule has 24 nitrogen and oxygen atoms in total. The molecular weight excluding hydrogens is 780 g/mol. The van der Waals surface area contributed by atoms with Crippen LogP contribution in [-0.2, 0) is 57.2 Å². The number of nitrogens with zero attached hydrogens (tertiary/aromatic N) is 1. The van der Waals surface area contributed by atoms with Gasteiger partial charge in [-0.3, -0.25) is 24.0 Å². The SMILES string of the molecule is CNC(CCC(=O)N(CC=O)CC(=O)NCCOCCOC1OC(CO)C(O)C(O)C1NC(C)=O)C(=O)NCCOCCOC1OC(CO)C(O)C(O)C1NC(C)=O. The molecule has 0 spiro atoms. The number of aldehydes is 1. The third-order valence-corrected chi connectivity index (χ3v) is 8.93. The van der Waals surface area contributed by atoms with Gasteiger partial charge >= 0.3 is 0 Å². The topological polar surface area (TPSA) is 343 Å². The van der Waals surface area contributed by atoms with Crippen LogP contribution in [0.25, 0.3) is 0 Å². The maximum Gasteiger partial charge on any atom is 0.239 e. The fraction of sp³-hybridized carbons (Fsp3) is 0.824. The molecule has 0 aromatic heterocycles. The summed E-state index contributed by atoms with van der Waals surface area (Å²) in [6, 6.07) is -2.99. The third kappa shape index (κ3) is 17.0. The van der Waals surface area contributed by atoms with Crippen LogP contribution >= 0.6 is 0 Å². The predicted octanol–water partition coefficient (Wildman–Crippen LogP) is -7.43. The molecule has 58 heavy (non-hydrogen) atoms. The molecule has 24 heteroatoms. The molecule has 11 atom stereocenters. The van der Waals surface area contributed by atoms with E-state index in [9.17, 15) is 59.4 Å². The number of aliphatic hydroxyl groups excluding tert-OH is 6. The van der Waals surface area contributed by atoms with E-state index in [1.807, 2.05) is 0 Å². The molecule has 0 radical (unpaired) electrons. The molecule has 0 aromatic carbocycles. The highest BCUT2D eigenvalue weighted by molar-refractivity contribution is 5.87. The minimum absolute atomic E-state index is 0.00807. The van der Waals surface area contributed by atoms with Gasteiger partial charge in [-0.2, -0.15) is 0 Å². The van der Waals surface area contributed by atoms with Gasteiger partial charge in [0.2, 0.25) is 29.5 Å². The number of ether oxygens (including phenoxy) is 6. The Hall–Kier alpha value is -3.50. The summed E-state index contributed by atoms with van der Waals surface area (Å²) >= 11 is 0. The van der Waals surface area contributed by atoms with Crippen LogP contribution in [0.5, 0.6) is 0 Å². The van der Waals surface area contributed by atoms with Gasteiger partial charge in [0.15, 0.2) is 12.6 Å². The molecule has 0 aromatic rings. The highest BCUT2D eigenvalue weighted by Gasteiger charge is 2.46. The van der Waals surface area contributed by atoms with Gasteiger partial charge < -0.3 is 95.3 Å². The normalized spacial score (nSPS) is 27.5. The van der Waals surface area contributed by atoms with Gasteiger partial charge in [0.25, 0.3) is 0 Å². The summed E-state index contributed by atoms with van der Waals surface area (Å²) in [6.45, 7) is 0.638. The van der Waals surface area contributed by atoms with Gasteiger partial charge in [0, 0.05) is 33.4 Å². The van der Waals surface area contributed by atoms with Crippen LogP contribution in [0, 0.1) is 0 Å². The lowest BCUT2D eigenvalue weighted by Crippen LogP contribution is -2.64. The van der Waals surface area contributed by atoms with E-state index in [0.29, 0.717) is 6.29 Å².